The first kappa shape index (κ1) is 17.8. The second-order valence-electron chi connectivity index (χ2n) is 5.64. The zero-order chi connectivity index (χ0) is 18.2. The predicted octanol–water partition coefficient (Wildman–Crippen LogP) is 2.17. The van der Waals surface area contributed by atoms with Gasteiger partial charge >= 0.3 is 0 Å². The molecule has 1 aromatic carbocycles. The molecule has 1 aliphatic heterocycles. The van der Waals surface area contributed by atoms with Gasteiger partial charge in [-0.25, -0.2) is 0 Å². The van der Waals surface area contributed by atoms with Crippen LogP contribution < -0.4 is 10.1 Å². The van der Waals surface area contributed by atoms with Crippen molar-refractivity contribution in [3.8, 4) is 5.75 Å². The number of amides is 2. The quantitative estimate of drug-likeness (QED) is 0.803. The monoisotopic (exact) mass is 356 g/mol. The Hall–Kier alpha value is -3.06. The first-order valence-electron chi connectivity index (χ1n) is 8.32. The van der Waals surface area contributed by atoms with E-state index < -0.39 is 0 Å². The summed E-state index contributed by atoms with van der Waals surface area (Å²) in [7, 11) is 0. The van der Waals surface area contributed by atoms with Crippen LogP contribution in [0.25, 0.3) is 6.08 Å². The van der Waals surface area contributed by atoms with Crippen LogP contribution in [0.5, 0.6) is 5.75 Å². The summed E-state index contributed by atoms with van der Waals surface area (Å²) >= 11 is 0. The molecule has 0 aliphatic carbocycles. The Morgan fingerprint density at radius 1 is 1.15 bits per heavy atom. The standard InChI is InChI=1S/C19H20N2O5/c22-18(8-7-16-2-1-11-25-16)20-15-3-5-17(6-4-15)26-14-19(23)21-9-12-24-13-10-21/h1-8,11H,9-10,12-14H2,(H,20,22). The maximum atomic E-state index is 12.0. The smallest absolute Gasteiger partial charge is 0.260 e. The number of furan rings is 1. The van der Waals surface area contributed by atoms with Gasteiger partial charge in [0.25, 0.3) is 5.91 Å². The third-order valence-corrected chi connectivity index (χ3v) is 3.79. The minimum Gasteiger partial charge on any atom is -0.484 e. The van der Waals surface area contributed by atoms with E-state index in [2.05, 4.69) is 5.32 Å². The number of hydrogen-bond donors (Lipinski definition) is 1. The second kappa shape index (κ2) is 8.87. The zero-order valence-electron chi connectivity index (χ0n) is 14.2. The first-order valence-corrected chi connectivity index (χ1v) is 8.32. The molecule has 2 heterocycles. The van der Waals surface area contributed by atoms with Gasteiger partial charge in [-0.3, -0.25) is 9.59 Å². The van der Waals surface area contributed by atoms with Crippen molar-refractivity contribution in [2.24, 2.45) is 0 Å². The molecular formula is C19H20N2O5. The van der Waals surface area contributed by atoms with E-state index in [0.717, 1.165) is 0 Å². The van der Waals surface area contributed by atoms with Crippen molar-refractivity contribution in [1.82, 2.24) is 4.90 Å². The lowest BCUT2D eigenvalue weighted by Gasteiger charge is -2.26. The molecule has 1 aromatic heterocycles. The molecule has 0 radical (unpaired) electrons. The second-order valence-corrected chi connectivity index (χ2v) is 5.64. The third kappa shape index (κ3) is 5.22. The van der Waals surface area contributed by atoms with Crippen LogP contribution in [0.15, 0.2) is 53.2 Å². The van der Waals surface area contributed by atoms with Gasteiger partial charge in [0, 0.05) is 24.9 Å². The molecule has 0 spiro atoms. The lowest BCUT2D eigenvalue weighted by atomic mass is 10.3. The summed E-state index contributed by atoms with van der Waals surface area (Å²) in [6.07, 6.45) is 4.52. The van der Waals surface area contributed by atoms with Crippen LogP contribution in [0.2, 0.25) is 0 Å². The van der Waals surface area contributed by atoms with Crippen LogP contribution in [0.1, 0.15) is 5.76 Å². The molecular weight excluding hydrogens is 336 g/mol. The number of nitrogens with one attached hydrogen (secondary N) is 1. The molecule has 1 N–H and O–H groups in total. The van der Waals surface area contributed by atoms with Gasteiger partial charge in [-0.05, 0) is 42.5 Å². The minimum atomic E-state index is -0.266. The number of benzene rings is 1. The summed E-state index contributed by atoms with van der Waals surface area (Å²) in [5.41, 5.74) is 0.631. The molecule has 2 aromatic rings. The summed E-state index contributed by atoms with van der Waals surface area (Å²) in [6, 6.07) is 10.4. The molecule has 1 fully saturated rings. The molecule has 0 atom stereocenters. The van der Waals surface area contributed by atoms with Gasteiger partial charge in [-0.2, -0.15) is 0 Å². The molecule has 136 valence electrons. The van der Waals surface area contributed by atoms with Gasteiger partial charge in [-0.1, -0.05) is 0 Å². The van der Waals surface area contributed by atoms with Gasteiger partial charge in [-0.15, -0.1) is 0 Å². The molecule has 0 bridgehead atoms. The number of nitrogens with zero attached hydrogens (tertiary/aromatic N) is 1. The Morgan fingerprint density at radius 3 is 2.62 bits per heavy atom. The van der Waals surface area contributed by atoms with Crippen LogP contribution in [0.3, 0.4) is 0 Å². The van der Waals surface area contributed by atoms with Gasteiger partial charge < -0.3 is 24.1 Å². The topological polar surface area (TPSA) is 81.0 Å². The Morgan fingerprint density at radius 2 is 1.92 bits per heavy atom. The summed E-state index contributed by atoms with van der Waals surface area (Å²) in [6.45, 7) is 2.30. The maximum absolute atomic E-state index is 12.0. The van der Waals surface area contributed by atoms with E-state index in [4.69, 9.17) is 13.9 Å². The number of carbonyl (C=O) groups excluding carboxylic acids is 2. The van der Waals surface area contributed by atoms with Gasteiger partial charge in [0.15, 0.2) is 6.61 Å². The predicted molar refractivity (Wildman–Crippen MR) is 95.7 cm³/mol. The summed E-state index contributed by atoms with van der Waals surface area (Å²) in [4.78, 5) is 25.6. The third-order valence-electron chi connectivity index (χ3n) is 3.79. The van der Waals surface area contributed by atoms with E-state index in [0.29, 0.717) is 43.5 Å². The molecule has 7 nitrogen and oxygen atoms in total. The van der Waals surface area contributed by atoms with Crippen molar-refractivity contribution in [3.63, 3.8) is 0 Å². The maximum Gasteiger partial charge on any atom is 0.260 e. The normalized spacial score (nSPS) is 14.4. The Bertz CT molecular complexity index is 747. The van der Waals surface area contributed by atoms with Gasteiger partial charge in [0.05, 0.1) is 19.5 Å². The van der Waals surface area contributed by atoms with Crippen molar-refractivity contribution in [2.75, 3.05) is 38.2 Å². The lowest BCUT2D eigenvalue weighted by molar-refractivity contribution is -0.137. The van der Waals surface area contributed by atoms with Gasteiger partial charge in [0.1, 0.15) is 11.5 Å². The van der Waals surface area contributed by atoms with Crippen molar-refractivity contribution in [1.29, 1.82) is 0 Å². The summed E-state index contributed by atoms with van der Waals surface area (Å²) in [5.74, 6) is 0.843. The van der Waals surface area contributed by atoms with Crippen molar-refractivity contribution in [3.05, 3.63) is 54.5 Å². The summed E-state index contributed by atoms with van der Waals surface area (Å²) in [5, 5.41) is 2.74. The van der Waals surface area contributed by atoms with Crippen LogP contribution in [0, 0.1) is 0 Å². The summed E-state index contributed by atoms with van der Waals surface area (Å²) < 4.78 is 15.8. The molecule has 26 heavy (non-hydrogen) atoms. The van der Waals surface area contributed by atoms with E-state index in [1.807, 2.05) is 0 Å². The van der Waals surface area contributed by atoms with E-state index in [1.54, 1.807) is 53.6 Å². The minimum absolute atomic E-state index is 0.0163. The van der Waals surface area contributed by atoms with Crippen LogP contribution in [-0.4, -0.2) is 49.6 Å². The Kier molecular flexibility index (Phi) is 6.05. The molecule has 1 aliphatic rings. The van der Waals surface area contributed by atoms with E-state index in [9.17, 15) is 9.59 Å². The van der Waals surface area contributed by atoms with Crippen molar-refractivity contribution in [2.45, 2.75) is 0 Å². The molecule has 3 rings (SSSR count). The fraction of sp³-hybridized carbons (Fsp3) is 0.263. The number of carbonyl (C=O) groups is 2. The largest absolute Gasteiger partial charge is 0.484 e. The number of rotatable bonds is 6. The van der Waals surface area contributed by atoms with Crippen molar-refractivity contribution >= 4 is 23.6 Å². The zero-order valence-corrected chi connectivity index (χ0v) is 14.2. The SMILES string of the molecule is O=C(C=Cc1ccco1)Nc1ccc(OCC(=O)N2CCOCC2)cc1. The highest BCUT2D eigenvalue weighted by Gasteiger charge is 2.17. The lowest BCUT2D eigenvalue weighted by Crippen LogP contribution is -2.42. The Balaban J connectivity index is 1.45. The number of anilines is 1. The molecule has 0 saturated carbocycles. The number of hydrogen-bond acceptors (Lipinski definition) is 5. The van der Waals surface area contributed by atoms with Crippen LogP contribution in [-0.2, 0) is 14.3 Å². The molecule has 1 saturated heterocycles. The average molecular weight is 356 g/mol. The van der Waals surface area contributed by atoms with E-state index in [-0.39, 0.29) is 18.4 Å². The van der Waals surface area contributed by atoms with Crippen LogP contribution >= 0.6 is 0 Å². The van der Waals surface area contributed by atoms with Crippen LogP contribution in [0.4, 0.5) is 5.69 Å². The Labute approximate surface area is 151 Å². The molecule has 7 heteroatoms. The van der Waals surface area contributed by atoms with Crippen molar-refractivity contribution < 1.29 is 23.5 Å². The number of morpholine rings is 1. The average Bonchev–Trinajstić information content (AvgIpc) is 3.20. The molecule has 0 unspecified atom stereocenters. The first-order chi connectivity index (χ1) is 12.7. The van der Waals surface area contributed by atoms with E-state index >= 15 is 0 Å². The fourth-order valence-corrected chi connectivity index (χ4v) is 2.41. The highest BCUT2D eigenvalue weighted by molar-refractivity contribution is 6.01. The molecule has 2 amide bonds. The fourth-order valence-electron chi connectivity index (χ4n) is 2.41. The van der Waals surface area contributed by atoms with Gasteiger partial charge in [0.2, 0.25) is 5.91 Å². The highest BCUT2D eigenvalue weighted by Crippen LogP contribution is 2.16. The highest BCUT2D eigenvalue weighted by atomic mass is 16.5. The van der Waals surface area contributed by atoms with E-state index in [1.165, 1.54) is 6.08 Å². The number of ether oxygens (including phenoxy) is 2.